The number of amides is 1. The first-order valence-electron chi connectivity index (χ1n) is 9.59. The van der Waals surface area contributed by atoms with Gasteiger partial charge in [0.15, 0.2) is 0 Å². The van der Waals surface area contributed by atoms with Gasteiger partial charge in [0.25, 0.3) is 5.91 Å². The minimum Gasteiger partial charge on any atom is -0.342 e. The minimum absolute atomic E-state index is 0.113. The molecule has 1 amide bonds. The number of hydrogen-bond donors (Lipinski definition) is 1. The molecule has 3 aromatic carbocycles. The first-order valence-corrected chi connectivity index (χ1v) is 9.97. The normalized spacial score (nSPS) is 12.1. The molecule has 0 saturated heterocycles. The molecule has 1 heterocycles. The van der Waals surface area contributed by atoms with Crippen LogP contribution in [-0.4, -0.2) is 15.5 Å². The van der Waals surface area contributed by atoms with Crippen molar-refractivity contribution in [2.24, 2.45) is 0 Å². The Hall–Kier alpha value is -3.11. The van der Waals surface area contributed by atoms with Crippen molar-refractivity contribution in [2.75, 3.05) is 0 Å². The average Bonchev–Trinajstić information content (AvgIpc) is 3.08. The molecular formula is C24H22ClN3O. The molecule has 0 aliphatic heterocycles. The molecule has 1 atom stereocenters. The Morgan fingerprint density at radius 3 is 2.62 bits per heavy atom. The van der Waals surface area contributed by atoms with Gasteiger partial charge in [-0.1, -0.05) is 59.6 Å². The van der Waals surface area contributed by atoms with E-state index in [2.05, 4.69) is 9.88 Å². The van der Waals surface area contributed by atoms with Gasteiger partial charge in [0.1, 0.15) is 5.82 Å². The summed E-state index contributed by atoms with van der Waals surface area (Å²) in [5.41, 5.74) is 4.61. The van der Waals surface area contributed by atoms with E-state index in [0.717, 1.165) is 28.0 Å². The molecule has 29 heavy (non-hydrogen) atoms. The Kier molecular flexibility index (Phi) is 5.36. The third kappa shape index (κ3) is 4.03. The van der Waals surface area contributed by atoms with Crippen LogP contribution < -0.4 is 5.32 Å². The van der Waals surface area contributed by atoms with Crippen molar-refractivity contribution in [1.29, 1.82) is 0 Å². The van der Waals surface area contributed by atoms with E-state index in [0.29, 0.717) is 17.1 Å². The standard InChI is InChI=1S/C24H22ClN3O/c1-16-8-7-10-18(14-16)24(29)26-17(2)23-27-21-12-5-6-13-22(21)28(23)15-19-9-3-4-11-20(19)25/h3-14,17H,15H2,1-2H3,(H,26,29)/t17-/m0/s1. The van der Waals surface area contributed by atoms with Crippen LogP contribution in [0.5, 0.6) is 0 Å². The number of nitrogens with zero attached hydrogens (tertiary/aromatic N) is 2. The summed E-state index contributed by atoms with van der Waals surface area (Å²) < 4.78 is 2.12. The second-order valence-corrected chi connectivity index (χ2v) is 7.61. The summed E-state index contributed by atoms with van der Waals surface area (Å²) in [6.07, 6.45) is 0. The fraction of sp³-hybridized carbons (Fsp3) is 0.167. The predicted octanol–water partition coefficient (Wildman–Crippen LogP) is 5.54. The molecule has 4 aromatic rings. The second kappa shape index (κ2) is 8.10. The number of benzene rings is 3. The minimum atomic E-state index is -0.266. The van der Waals surface area contributed by atoms with Crippen molar-refractivity contribution in [2.45, 2.75) is 26.4 Å². The van der Waals surface area contributed by atoms with Crippen molar-refractivity contribution in [1.82, 2.24) is 14.9 Å². The first kappa shape index (κ1) is 19.2. The lowest BCUT2D eigenvalue weighted by molar-refractivity contribution is 0.0937. The monoisotopic (exact) mass is 403 g/mol. The number of carbonyl (C=O) groups is 1. The van der Waals surface area contributed by atoms with Gasteiger partial charge in [0.2, 0.25) is 0 Å². The smallest absolute Gasteiger partial charge is 0.251 e. The number of hydrogen-bond acceptors (Lipinski definition) is 2. The Morgan fingerprint density at radius 1 is 1.07 bits per heavy atom. The molecule has 4 nitrogen and oxygen atoms in total. The van der Waals surface area contributed by atoms with Gasteiger partial charge >= 0.3 is 0 Å². The molecule has 0 saturated carbocycles. The zero-order chi connectivity index (χ0) is 20.4. The highest BCUT2D eigenvalue weighted by molar-refractivity contribution is 6.31. The maximum absolute atomic E-state index is 12.8. The summed E-state index contributed by atoms with van der Waals surface area (Å²) >= 11 is 6.40. The number of imidazole rings is 1. The average molecular weight is 404 g/mol. The molecule has 4 rings (SSSR count). The molecule has 0 spiro atoms. The zero-order valence-electron chi connectivity index (χ0n) is 16.4. The Bertz CT molecular complexity index is 1180. The van der Waals surface area contributed by atoms with Crippen molar-refractivity contribution in [3.8, 4) is 0 Å². The number of carbonyl (C=O) groups excluding carboxylic acids is 1. The number of para-hydroxylation sites is 2. The fourth-order valence-electron chi connectivity index (χ4n) is 3.52. The lowest BCUT2D eigenvalue weighted by Gasteiger charge is -2.17. The number of halogens is 1. The zero-order valence-corrected chi connectivity index (χ0v) is 17.1. The lowest BCUT2D eigenvalue weighted by Crippen LogP contribution is -2.29. The van der Waals surface area contributed by atoms with Crippen LogP contribution in [-0.2, 0) is 6.54 Å². The molecule has 0 fully saturated rings. The van der Waals surface area contributed by atoms with Crippen molar-refractivity contribution < 1.29 is 4.79 Å². The summed E-state index contributed by atoms with van der Waals surface area (Å²) in [7, 11) is 0. The Morgan fingerprint density at radius 2 is 1.83 bits per heavy atom. The number of fused-ring (bicyclic) bond motifs is 1. The highest BCUT2D eigenvalue weighted by Crippen LogP contribution is 2.25. The largest absolute Gasteiger partial charge is 0.342 e. The SMILES string of the molecule is Cc1cccc(C(=O)N[C@@H](C)c2nc3ccccc3n2Cc2ccccc2Cl)c1. The van der Waals surface area contributed by atoms with E-state index >= 15 is 0 Å². The van der Waals surface area contributed by atoms with Crippen molar-refractivity contribution in [3.63, 3.8) is 0 Å². The summed E-state index contributed by atoms with van der Waals surface area (Å²) in [6.45, 7) is 4.52. The van der Waals surface area contributed by atoms with E-state index in [4.69, 9.17) is 16.6 Å². The highest BCUT2D eigenvalue weighted by atomic mass is 35.5. The fourth-order valence-corrected chi connectivity index (χ4v) is 3.71. The van der Waals surface area contributed by atoms with E-state index in [-0.39, 0.29) is 11.9 Å². The third-order valence-corrected chi connectivity index (χ3v) is 5.35. The predicted molar refractivity (Wildman–Crippen MR) is 117 cm³/mol. The Balaban J connectivity index is 1.69. The molecule has 1 aromatic heterocycles. The molecule has 0 unspecified atom stereocenters. The molecule has 0 aliphatic rings. The van der Waals surface area contributed by atoms with Crippen LogP contribution in [0.2, 0.25) is 5.02 Å². The highest BCUT2D eigenvalue weighted by Gasteiger charge is 2.19. The quantitative estimate of drug-likeness (QED) is 0.475. The number of nitrogens with one attached hydrogen (secondary N) is 1. The van der Waals surface area contributed by atoms with Gasteiger partial charge in [0.05, 0.1) is 23.6 Å². The summed E-state index contributed by atoms with van der Waals surface area (Å²) in [4.78, 5) is 17.6. The van der Waals surface area contributed by atoms with Crippen LogP contribution in [0.4, 0.5) is 0 Å². The summed E-state index contributed by atoms with van der Waals surface area (Å²) in [6, 6.07) is 23.1. The van der Waals surface area contributed by atoms with Gasteiger partial charge in [-0.15, -0.1) is 0 Å². The topological polar surface area (TPSA) is 46.9 Å². The van der Waals surface area contributed by atoms with E-state index < -0.39 is 0 Å². The van der Waals surface area contributed by atoms with Crippen LogP contribution in [0.3, 0.4) is 0 Å². The van der Waals surface area contributed by atoms with Gasteiger partial charge < -0.3 is 9.88 Å². The Labute approximate surface area is 175 Å². The molecule has 5 heteroatoms. The number of aryl methyl sites for hydroxylation is 1. The van der Waals surface area contributed by atoms with Crippen LogP contribution in [0.15, 0.2) is 72.8 Å². The van der Waals surface area contributed by atoms with Crippen LogP contribution in [0, 0.1) is 6.92 Å². The van der Waals surface area contributed by atoms with Gasteiger partial charge in [-0.05, 0) is 49.7 Å². The van der Waals surface area contributed by atoms with Crippen molar-refractivity contribution in [3.05, 3.63) is 100 Å². The van der Waals surface area contributed by atoms with E-state index in [9.17, 15) is 4.79 Å². The maximum atomic E-state index is 12.8. The van der Waals surface area contributed by atoms with Gasteiger partial charge in [-0.25, -0.2) is 4.98 Å². The second-order valence-electron chi connectivity index (χ2n) is 7.20. The van der Waals surface area contributed by atoms with Crippen LogP contribution >= 0.6 is 11.6 Å². The van der Waals surface area contributed by atoms with Crippen LogP contribution in [0.25, 0.3) is 11.0 Å². The number of aromatic nitrogens is 2. The first-order chi connectivity index (χ1) is 14.0. The van der Waals surface area contributed by atoms with Gasteiger partial charge in [-0.3, -0.25) is 4.79 Å². The maximum Gasteiger partial charge on any atom is 0.251 e. The van der Waals surface area contributed by atoms with E-state index in [1.165, 1.54) is 0 Å². The third-order valence-electron chi connectivity index (χ3n) is 4.99. The molecule has 0 bridgehead atoms. The molecular weight excluding hydrogens is 382 g/mol. The van der Waals surface area contributed by atoms with E-state index in [1.54, 1.807) is 0 Å². The molecule has 1 N–H and O–H groups in total. The molecule has 0 radical (unpaired) electrons. The summed E-state index contributed by atoms with van der Waals surface area (Å²) in [5, 5.41) is 3.80. The lowest BCUT2D eigenvalue weighted by atomic mass is 10.1. The summed E-state index contributed by atoms with van der Waals surface area (Å²) in [5.74, 6) is 0.685. The van der Waals surface area contributed by atoms with Gasteiger partial charge in [-0.2, -0.15) is 0 Å². The number of rotatable bonds is 5. The molecule has 146 valence electrons. The van der Waals surface area contributed by atoms with Crippen molar-refractivity contribution >= 4 is 28.5 Å². The molecule has 0 aliphatic carbocycles. The van der Waals surface area contributed by atoms with Crippen LogP contribution in [0.1, 0.15) is 40.3 Å². The van der Waals surface area contributed by atoms with Gasteiger partial charge in [0, 0.05) is 10.6 Å². The van der Waals surface area contributed by atoms with E-state index in [1.807, 2.05) is 86.6 Å².